The third kappa shape index (κ3) is 4.57. The van der Waals surface area contributed by atoms with Gasteiger partial charge in [-0.3, -0.25) is 9.59 Å². The van der Waals surface area contributed by atoms with E-state index in [0.29, 0.717) is 32.1 Å². The van der Waals surface area contributed by atoms with Gasteiger partial charge in [0.2, 0.25) is 11.8 Å². The van der Waals surface area contributed by atoms with Crippen LogP contribution in [-0.2, 0) is 20.9 Å². The van der Waals surface area contributed by atoms with E-state index in [4.69, 9.17) is 4.74 Å². The maximum atomic E-state index is 13.1. The van der Waals surface area contributed by atoms with Crippen molar-refractivity contribution in [1.29, 1.82) is 0 Å². The van der Waals surface area contributed by atoms with Crippen molar-refractivity contribution >= 4 is 11.8 Å². The lowest BCUT2D eigenvalue weighted by Gasteiger charge is -2.39. The highest BCUT2D eigenvalue weighted by Crippen LogP contribution is 2.41. The normalized spacial score (nSPS) is 24.9. The number of carbonyl (C=O) groups excluding carboxylic acids is 2. The Bertz CT molecular complexity index is 688. The molecule has 3 fully saturated rings. The molecule has 1 spiro atoms. The summed E-state index contributed by atoms with van der Waals surface area (Å²) in [7, 11) is 0. The lowest BCUT2D eigenvalue weighted by Crippen LogP contribution is -2.50. The van der Waals surface area contributed by atoms with Gasteiger partial charge in [0, 0.05) is 39.2 Å². The molecule has 1 aliphatic carbocycles. The van der Waals surface area contributed by atoms with Crippen molar-refractivity contribution in [3.05, 3.63) is 35.9 Å². The highest BCUT2D eigenvalue weighted by molar-refractivity contribution is 5.86. The van der Waals surface area contributed by atoms with Crippen molar-refractivity contribution in [3.63, 3.8) is 0 Å². The third-order valence-corrected chi connectivity index (χ3v) is 6.50. The number of likely N-dealkylation sites (tertiary alicyclic amines) is 2. The lowest BCUT2D eigenvalue weighted by atomic mass is 9.78. The Morgan fingerprint density at radius 1 is 1.14 bits per heavy atom. The minimum atomic E-state index is -0.299. The van der Waals surface area contributed by atoms with Gasteiger partial charge >= 0.3 is 0 Å². The fourth-order valence-corrected chi connectivity index (χ4v) is 4.65. The summed E-state index contributed by atoms with van der Waals surface area (Å²) >= 11 is 0. The molecule has 0 unspecified atom stereocenters. The average Bonchev–Trinajstić information content (AvgIpc) is 3.43. The summed E-state index contributed by atoms with van der Waals surface area (Å²) < 4.78 is 5.69. The Kier molecular flexibility index (Phi) is 6.00. The largest absolute Gasteiger partial charge is 0.377 e. The van der Waals surface area contributed by atoms with E-state index in [1.54, 1.807) is 0 Å². The minimum Gasteiger partial charge on any atom is -0.377 e. The van der Waals surface area contributed by atoms with Crippen molar-refractivity contribution in [2.24, 2.45) is 11.3 Å². The summed E-state index contributed by atoms with van der Waals surface area (Å²) in [5.74, 6) is 1.22. The molecule has 1 aromatic rings. The van der Waals surface area contributed by atoms with E-state index in [0.717, 1.165) is 56.8 Å². The van der Waals surface area contributed by atoms with Gasteiger partial charge in [-0.25, -0.2) is 0 Å². The SMILES string of the molecule is O=C(CCCOCc1ccccc1)N1CC[C@@]2(CCCN(CC3CC3)C2=O)C1. The molecule has 2 heterocycles. The van der Waals surface area contributed by atoms with Crippen molar-refractivity contribution in [1.82, 2.24) is 9.80 Å². The van der Waals surface area contributed by atoms with Gasteiger partial charge in [-0.1, -0.05) is 30.3 Å². The van der Waals surface area contributed by atoms with Crippen molar-refractivity contribution in [3.8, 4) is 0 Å². The lowest BCUT2D eigenvalue weighted by molar-refractivity contribution is -0.146. The molecule has 4 rings (SSSR count). The summed E-state index contributed by atoms with van der Waals surface area (Å²) in [6.07, 6.45) is 6.64. The molecule has 152 valence electrons. The van der Waals surface area contributed by atoms with Gasteiger partial charge in [0.05, 0.1) is 12.0 Å². The van der Waals surface area contributed by atoms with Crippen LogP contribution >= 0.6 is 0 Å². The number of nitrogens with zero attached hydrogens (tertiary/aromatic N) is 2. The van der Waals surface area contributed by atoms with Gasteiger partial charge < -0.3 is 14.5 Å². The Morgan fingerprint density at radius 2 is 1.96 bits per heavy atom. The number of piperidine rings is 1. The van der Waals surface area contributed by atoms with E-state index in [2.05, 4.69) is 4.90 Å². The fraction of sp³-hybridized carbons (Fsp3) is 0.652. The first kappa shape index (κ1) is 19.4. The molecule has 5 heteroatoms. The summed E-state index contributed by atoms with van der Waals surface area (Å²) in [6, 6.07) is 10.1. The second-order valence-corrected chi connectivity index (χ2v) is 8.79. The molecule has 2 saturated heterocycles. The quantitative estimate of drug-likeness (QED) is 0.647. The number of ether oxygens (including phenoxy) is 1. The van der Waals surface area contributed by atoms with Crippen LogP contribution in [-0.4, -0.2) is 54.4 Å². The van der Waals surface area contributed by atoms with Crippen molar-refractivity contribution in [2.45, 2.75) is 51.6 Å². The monoisotopic (exact) mass is 384 g/mol. The first-order valence-electron chi connectivity index (χ1n) is 10.9. The van der Waals surface area contributed by atoms with Gasteiger partial charge in [-0.05, 0) is 50.0 Å². The van der Waals surface area contributed by atoms with Gasteiger partial charge in [0.1, 0.15) is 0 Å². The maximum absolute atomic E-state index is 13.1. The zero-order chi connectivity index (χ0) is 19.4. The summed E-state index contributed by atoms with van der Waals surface area (Å²) in [5.41, 5.74) is 0.856. The van der Waals surface area contributed by atoms with Crippen LogP contribution in [0.1, 0.15) is 50.5 Å². The van der Waals surface area contributed by atoms with Gasteiger partial charge in [0.25, 0.3) is 0 Å². The van der Waals surface area contributed by atoms with Crippen molar-refractivity contribution in [2.75, 3.05) is 32.8 Å². The van der Waals surface area contributed by atoms with Gasteiger partial charge in [-0.2, -0.15) is 0 Å². The molecule has 1 aromatic carbocycles. The predicted octanol–water partition coefficient (Wildman–Crippen LogP) is 3.23. The van der Waals surface area contributed by atoms with Gasteiger partial charge in [-0.15, -0.1) is 0 Å². The molecule has 1 atom stereocenters. The molecule has 0 radical (unpaired) electrons. The first-order valence-corrected chi connectivity index (χ1v) is 10.9. The second-order valence-electron chi connectivity index (χ2n) is 8.79. The maximum Gasteiger partial charge on any atom is 0.230 e. The highest BCUT2D eigenvalue weighted by atomic mass is 16.5. The van der Waals surface area contributed by atoms with Crippen LogP contribution in [0.5, 0.6) is 0 Å². The number of hydrogen-bond donors (Lipinski definition) is 0. The molecular formula is C23H32N2O3. The Balaban J connectivity index is 1.20. The zero-order valence-electron chi connectivity index (χ0n) is 16.8. The van der Waals surface area contributed by atoms with Crippen LogP contribution < -0.4 is 0 Å². The predicted molar refractivity (Wildman–Crippen MR) is 108 cm³/mol. The van der Waals surface area contributed by atoms with Gasteiger partial charge in [0.15, 0.2) is 0 Å². The van der Waals surface area contributed by atoms with Crippen LogP contribution in [0, 0.1) is 11.3 Å². The number of benzene rings is 1. The Hall–Kier alpha value is -1.88. The number of carbonyl (C=O) groups is 2. The zero-order valence-corrected chi connectivity index (χ0v) is 16.8. The van der Waals surface area contributed by atoms with Crippen LogP contribution in [0.2, 0.25) is 0 Å². The number of amides is 2. The molecule has 1 saturated carbocycles. The Morgan fingerprint density at radius 3 is 2.75 bits per heavy atom. The second kappa shape index (κ2) is 8.64. The minimum absolute atomic E-state index is 0.173. The third-order valence-electron chi connectivity index (χ3n) is 6.50. The smallest absolute Gasteiger partial charge is 0.230 e. The molecular weight excluding hydrogens is 352 g/mol. The van der Waals surface area contributed by atoms with Crippen LogP contribution in [0.3, 0.4) is 0 Å². The number of hydrogen-bond acceptors (Lipinski definition) is 3. The Labute approximate surface area is 168 Å². The standard InChI is InChI=1S/C23H32N2O3/c26-21(8-4-15-28-17-20-6-2-1-3-7-20)25-14-12-23(18-25)11-5-13-24(22(23)27)16-19-9-10-19/h1-3,6-7,19H,4-5,8-18H2/t23-/m0/s1. The molecule has 0 N–H and O–H groups in total. The van der Waals surface area contributed by atoms with Crippen molar-refractivity contribution < 1.29 is 14.3 Å². The number of rotatable bonds is 8. The molecule has 3 aliphatic rings. The molecule has 2 aliphatic heterocycles. The topological polar surface area (TPSA) is 49.9 Å². The van der Waals surface area contributed by atoms with Crippen LogP contribution in [0.25, 0.3) is 0 Å². The summed E-state index contributed by atoms with van der Waals surface area (Å²) in [6.45, 7) is 4.38. The molecule has 2 amide bonds. The molecule has 28 heavy (non-hydrogen) atoms. The van der Waals surface area contributed by atoms with E-state index in [-0.39, 0.29) is 11.3 Å². The molecule has 0 bridgehead atoms. The fourth-order valence-electron chi connectivity index (χ4n) is 4.65. The molecule has 5 nitrogen and oxygen atoms in total. The molecule has 0 aromatic heterocycles. The van der Waals surface area contributed by atoms with E-state index >= 15 is 0 Å². The van der Waals surface area contributed by atoms with E-state index in [1.165, 1.54) is 12.8 Å². The highest BCUT2D eigenvalue weighted by Gasteiger charge is 2.49. The van der Waals surface area contributed by atoms with E-state index in [9.17, 15) is 9.59 Å². The summed E-state index contributed by atoms with van der Waals surface area (Å²) in [5, 5.41) is 0. The van der Waals surface area contributed by atoms with E-state index < -0.39 is 0 Å². The first-order chi connectivity index (χ1) is 13.7. The summed E-state index contributed by atoms with van der Waals surface area (Å²) in [4.78, 5) is 29.7. The average molecular weight is 385 g/mol. The van der Waals surface area contributed by atoms with E-state index in [1.807, 2.05) is 35.2 Å². The van der Waals surface area contributed by atoms with Crippen LogP contribution in [0.15, 0.2) is 30.3 Å². The van der Waals surface area contributed by atoms with Crippen LogP contribution in [0.4, 0.5) is 0 Å².